The Labute approximate surface area is 153 Å². The van der Waals surface area contributed by atoms with Crippen molar-refractivity contribution in [3.05, 3.63) is 11.6 Å². The van der Waals surface area contributed by atoms with E-state index in [0.717, 1.165) is 0 Å². The van der Waals surface area contributed by atoms with E-state index in [4.69, 9.17) is 11.2 Å². The van der Waals surface area contributed by atoms with Crippen molar-refractivity contribution < 1.29 is 22.4 Å². The fourth-order valence-corrected chi connectivity index (χ4v) is 24.9. The van der Waals surface area contributed by atoms with Crippen molar-refractivity contribution in [2.24, 2.45) is 0 Å². The summed E-state index contributed by atoms with van der Waals surface area (Å²) in [5.41, 5.74) is 0. The van der Waals surface area contributed by atoms with Gasteiger partial charge in [-0.1, -0.05) is 27.7 Å². The molecule has 0 aromatic carbocycles. The van der Waals surface area contributed by atoms with E-state index in [2.05, 4.69) is 90.8 Å². The summed E-state index contributed by atoms with van der Waals surface area (Å²) in [5, 5.41) is 0. The number of rotatable bonds is 4. The standard InChI is InChI=1S/C7H19ClPSi.C7H19PSi.Au/c1-9(2,3,8)7-10(4,5)6;1-8(2,3)7-9(4,5)6;/h7H,1-6H3;7H,1-6H3;/q-1;;+1. The summed E-state index contributed by atoms with van der Waals surface area (Å²) in [6, 6.07) is 0. The second kappa shape index (κ2) is 8.43. The summed E-state index contributed by atoms with van der Waals surface area (Å²) in [5.74, 6) is 3.22. The maximum absolute atomic E-state index is 6.38. The molecule has 0 bridgehead atoms. The Morgan fingerprint density at radius 1 is 0.800 bits per heavy atom. The number of hydrogen-bond donors (Lipinski definition) is 0. The second-order valence-corrected chi connectivity index (χ2v) is 34.7. The van der Waals surface area contributed by atoms with E-state index >= 15 is 0 Å². The number of halogens is 1. The van der Waals surface area contributed by atoms with Crippen molar-refractivity contribution in [2.45, 2.75) is 39.3 Å². The molecule has 0 aromatic heterocycles. The van der Waals surface area contributed by atoms with E-state index in [-0.39, 0.29) is 22.4 Å². The zero-order valence-electron chi connectivity index (χ0n) is 15.7. The van der Waals surface area contributed by atoms with Crippen LogP contribution < -0.4 is 0 Å². The first kappa shape index (κ1) is 27.2. The molecule has 6 heteroatoms. The van der Waals surface area contributed by atoms with Crippen LogP contribution in [0.2, 0.25) is 39.3 Å². The van der Waals surface area contributed by atoms with Gasteiger partial charge in [0, 0.05) is 20.0 Å². The molecule has 0 fully saturated rings. The van der Waals surface area contributed by atoms with Crippen LogP contribution in [0.1, 0.15) is 0 Å². The molecule has 0 amide bonds. The van der Waals surface area contributed by atoms with Crippen molar-refractivity contribution >= 4 is 40.6 Å². The molecular weight excluding hydrogens is 519 g/mol. The molecule has 0 spiro atoms. The van der Waals surface area contributed by atoms with Gasteiger partial charge in [0.2, 0.25) is 0 Å². The first-order valence-electron chi connectivity index (χ1n) is 6.95. The van der Waals surface area contributed by atoms with Crippen molar-refractivity contribution in [1.82, 2.24) is 0 Å². The van der Waals surface area contributed by atoms with E-state index in [0.29, 0.717) is 0 Å². The largest absolute Gasteiger partial charge is 1.00 e. The van der Waals surface area contributed by atoms with Gasteiger partial charge in [-0.25, -0.2) is 0 Å². The average molecular weight is 557 g/mol. The monoisotopic (exact) mass is 556 g/mol. The minimum absolute atomic E-state index is 0. The van der Waals surface area contributed by atoms with Gasteiger partial charge in [0.05, 0.1) is 0 Å². The van der Waals surface area contributed by atoms with Gasteiger partial charge in [-0.05, 0) is 0 Å². The van der Waals surface area contributed by atoms with Gasteiger partial charge in [-0.2, -0.15) is 5.79 Å². The molecule has 0 rings (SSSR count). The molecule has 0 atom stereocenters. The van der Waals surface area contributed by atoms with Crippen LogP contribution in [0.4, 0.5) is 0 Å². The Bertz CT molecular complexity index is 260. The summed E-state index contributed by atoms with van der Waals surface area (Å²) >= 11 is 6.38. The van der Waals surface area contributed by atoms with Crippen LogP contribution in [0, 0.1) is 11.6 Å². The Morgan fingerprint density at radius 2 is 1.10 bits per heavy atom. The molecule has 0 aliphatic carbocycles. The molecule has 0 N–H and O–H groups in total. The third-order valence-electron chi connectivity index (χ3n) is 1.60. The molecular formula is C14H38AuClP2Si2. The first-order chi connectivity index (χ1) is 7.67. The molecule has 0 radical (unpaired) electrons. The van der Waals surface area contributed by atoms with Gasteiger partial charge in [-0.3, -0.25) is 0 Å². The van der Waals surface area contributed by atoms with Gasteiger partial charge in [0.15, 0.2) is 0 Å². The van der Waals surface area contributed by atoms with Crippen molar-refractivity contribution in [1.29, 1.82) is 0 Å². The summed E-state index contributed by atoms with van der Waals surface area (Å²) in [7, 11) is -2.53. The summed E-state index contributed by atoms with van der Waals surface area (Å²) < 4.78 is 0. The Kier molecular flexibility index (Phi) is 11.5. The molecule has 20 heavy (non-hydrogen) atoms. The third-order valence-corrected chi connectivity index (χ3v) is 15.3. The summed E-state index contributed by atoms with van der Waals surface area (Å²) in [4.78, 5) is 0. The minimum atomic E-state index is -1.84. The molecule has 0 aliphatic heterocycles. The van der Waals surface area contributed by atoms with Crippen LogP contribution in [-0.4, -0.2) is 56.1 Å². The Morgan fingerprint density at radius 3 is 1.10 bits per heavy atom. The molecule has 0 aromatic rings. The fourth-order valence-electron chi connectivity index (χ4n) is 2.47. The van der Waals surface area contributed by atoms with Gasteiger partial charge in [-0.15, -0.1) is 7.26 Å². The quantitative estimate of drug-likeness (QED) is 0.209. The van der Waals surface area contributed by atoms with Gasteiger partial charge in [0.1, 0.15) is 0 Å². The van der Waals surface area contributed by atoms with E-state index in [1.54, 1.807) is 0 Å². The predicted octanol–water partition coefficient (Wildman–Crippen LogP) is 6.55. The molecule has 0 nitrogen and oxygen atoms in total. The van der Waals surface area contributed by atoms with E-state index < -0.39 is 29.4 Å². The molecule has 0 aliphatic rings. The summed E-state index contributed by atoms with van der Waals surface area (Å²) in [6.07, 6.45) is 0. The third kappa shape index (κ3) is 32.3. The zero-order valence-corrected chi connectivity index (χ0v) is 22.4. The van der Waals surface area contributed by atoms with Crippen molar-refractivity contribution in [3.8, 4) is 0 Å². The SMILES string of the molecule is C[Si](C)(C)[CH-]P(C)(C)(C)Cl.C[Si](C)(C)[CH-][P+](C)(C)C.[Au+]. The van der Waals surface area contributed by atoms with Crippen LogP contribution in [0.25, 0.3) is 0 Å². The van der Waals surface area contributed by atoms with Gasteiger partial charge >= 0.3 is 93.1 Å². The van der Waals surface area contributed by atoms with Crippen LogP contribution in [-0.2, 0) is 22.4 Å². The molecule has 0 unspecified atom stereocenters. The maximum Gasteiger partial charge on any atom is 1.00 e. The molecule has 0 saturated carbocycles. The van der Waals surface area contributed by atoms with Gasteiger partial charge < -0.3 is 0 Å². The zero-order chi connectivity index (χ0) is 16.4. The molecule has 0 saturated heterocycles. The van der Waals surface area contributed by atoms with Crippen molar-refractivity contribution in [3.63, 3.8) is 0 Å². The topological polar surface area (TPSA) is 0 Å². The van der Waals surface area contributed by atoms with E-state index in [9.17, 15) is 0 Å². The van der Waals surface area contributed by atoms with Crippen molar-refractivity contribution in [2.75, 3.05) is 40.0 Å². The van der Waals surface area contributed by atoms with Crippen LogP contribution in [0.3, 0.4) is 0 Å². The Hall–Kier alpha value is 2.32. The number of hydrogen-bond acceptors (Lipinski definition) is 0. The second-order valence-electron chi connectivity index (χ2n) is 9.83. The molecule has 130 valence electrons. The Balaban J connectivity index is -0.000000277. The summed E-state index contributed by atoms with van der Waals surface area (Å²) in [6.45, 7) is 27.9. The smallest absolute Gasteiger partial charge is 0.166 e. The minimum Gasteiger partial charge on any atom is -0.166 e. The fraction of sp³-hybridized carbons (Fsp3) is 0.857. The van der Waals surface area contributed by atoms with Crippen LogP contribution in [0.15, 0.2) is 0 Å². The maximum atomic E-state index is 6.38. The van der Waals surface area contributed by atoms with Crippen LogP contribution in [0.5, 0.6) is 0 Å². The molecule has 0 heterocycles. The normalized spacial score (nSPS) is 15.3. The van der Waals surface area contributed by atoms with E-state index in [1.165, 1.54) is 0 Å². The first-order valence-corrected chi connectivity index (χ1v) is 21.9. The van der Waals surface area contributed by atoms with Crippen LogP contribution >= 0.6 is 24.5 Å². The predicted molar refractivity (Wildman–Crippen MR) is 111 cm³/mol. The van der Waals surface area contributed by atoms with Gasteiger partial charge in [0.25, 0.3) is 0 Å². The average Bonchev–Trinajstić information content (AvgIpc) is 1.61. The van der Waals surface area contributed by atoms with E-state index in [1.807, 2.05) is 0 Å².